The molecule has 1 aromatic heterocycles. The second kappa shape index (κ2) is 6.77. The van der Waals surface area contributed by atoms with Gasteiger partial charge in [-0.2, -0.15) is 5.26 Å². The molecule has 1 aromatic carbocycles. The van der Waals surface area contributed by atoms with E-state index in [1.807, 2.05) is 24.4 Å². The summed E-state index contributed by atoms with van der Waals surface area (Å²) in [5.74, 6) is -0.505. The van der Waals surface area contributed by atoms with Gasteiger partial charge in [-0.05, 0) is 48.2 Å². The van der Waals surface area contributed by atoms with Gasteiger partial charge in [0.05, 0.1) is 10.7 Å². The quantitative estimate of drug-likeness (QED) is 0.639. The Kier molecular flexibility index (Phi) is 5.03. The molecule has 1 N–H and O–H groups in total. The molecule has 1 amide bonds. The molecular formula is C15H10Cl2N2OS. The number of nitrogens with one attached hydrogen (secondary N) is 1. The second-order valence-electron chi connectivity index (χ2n) is 4.22. The maximum absolute atomic E-state index is 12.1. The standard InChI is InChI=1S/C15H10Cl2N2OS/c1-9-4-5-21-14(9)6-10(8-18)15(20)19-13-3-2-11(16)7-12(13)17/h2-7H,1H3,(H,19,20)/b10-6-. The summed E-state index contributed by atoms with van der Waals surface area (Å²) in [5.41, 5.74) is 1.45. The van der Waals surface area contributed by atoms with Crippen molar-refractivity contribution in [3.8, 4) is 6.07 Å². The molecule has 0 aliphatic rings. The molecular weight excluding hydrogens is 327 g/mol. The van der Waals surface area contributed by atoms with Crippen molar-refractivity contribution in [1.82, 2.24) is 0 Å². The Morgan fingerprint density at radius 2 is 2.14 bits per heavy atom. The fourth-order valence-corrected chi connectivity index (χ4v) is 2.91. The zero-order valence-corrected chi connectivity index (χ0v) is 13.3. The number of halogens is 2. The summed E-state index contributed by atoms with van der Waals surface area (Å²) in [6.07, 6.45) is 1.57. The average Bonchev–Trinajstić information content (AvgIpc) is 2.84. The van der Waals surface area contributed by atoms with Crippen LogP contribution in [0.25, 0.3) is 6.08 Å². The van der Waals surface area contributed by atoms with Crippen LogP contribution in [0.15, 0.2) is 35.2 Å². The molecule has 0 radical (unpaired) electrons. The van der Waals surface area contributed by atoms with Crippen molar-refractivity contribution < 1.29 is 4.79 Å². The molecule has 0 aliphatic carbocycles. The molecule has 0 aliphatic heterocycles. The van der Waals surface area contributed by atoms with E-state index in [4.69, 9.17) is 28.5 Å². The van der Waals surface area contributed by atoms with E-state index in [-0.39, 0.29) is 5.57 Å². The molecule has 0 spiro atoms. The van der Waals surface area contributed by atoms with E-state index in [0.717, 1.165) is 10.4 Å². The van der Waals surface area contributed by atoms with Gasteiger partial charge in [0, 0.05) is 9.90 Å². The Labute approximate surface area is 136 Å². The number of thiophene rings is 1. The Balaban J connectivity index is 2.24. The lowest BCUT2D eigenvalue weighted by Gasteiger charge is -2.06. The number of carbonyl (C=O) groups is 1. The van der Waals surface area contributed by atoms with Crippen molar-refractivity contribution in [2.24, 2.45) is 0 Å². The van der Waals surface area contributed by atoms with E-state index in [1.165, 1.54) is 17.4 Å². The fourth-order valence-electron chi connectivity index (χ4n) is 1.59. The summed E-state index contributed by atoms with van der Waals surface area (Å²) in [6.45, 7) is 1.92. The van der Waals surface area contributed by atoms with Crippen LogP contribution in [0.1, 0.15) is 10.4 Å². The summed E-state index contributed by atoms with van der Waals surface area (Å²) in [4.78, 5) is 13.0. The van der Waals surface area contributed by atoms with Crippen molar-refractivity contribution in [2.45, 2.75) is 6.92 Å². The first-order chi connectivity index (χ1) is 10.0. The largest absolute Gasteiger partial charge is 0.320 e. The third-order valence-corrected chi connectivity index (χ3v) is 4.24. The zero-order chi connectivity index (χ0) is 15.4. The van der Waals surface area contributed by atoms with Crippen LogP contribution in [0.2, 0.25) is 10.0 Å². The third kappa shape index (κ3) is 3.85. The van der Waals surface area contributed by atoms with Crippen LogP contribution in [-0.2, 0) is 4.79 Å². The van der Waals surface area contributed by atoms with Crippen LogP contribution >= 0.6 is 34.5 Å². The van der Waals surface area contributed by atoms with Crippen LogP contribution in [-0.4, -0.2) is 5.91 Å². The molecule has 6 heteroatoms. The number of hydrogen-bond acceptors (Lipinski definition) is 3. The first-order valence-corrected chi connectivity index (χ1v) is 7.57. The van der Waals surface area contributed by atoms with Crippen molar-refractivity contribution in [3.63, 3.8) is 0 Å². The third-order valence-electron chi connectivity index (χ3n) is 2.72. The van der Waals surface area contributed by atoms with Gasteiger partial charge in [0.25, 0.3) is 5.91 Å². The number of benzene rings is 1. The minimum atomic E-state index is -0.505. The van der Waals surface area contributed by atoms with Gasteiger partial charge >= 0.3 is 0 Å². The molecule has 0 unspecified atom stereocenters. The van der Waals surface area contributed by atoms with Gasteiger partial charge < -0.3 is 5.32 Å². The number of rotatable bonds is 3. The van der Waals surface area contributed by atoms with Gasteiger partial charge in [0.1, 0.15) is 11.6 Å². The summed E-state index contributed by atoms with van der Waals surface area (Å²) in [5, 5.41) is 14.5. The molecule has 0 saturated heterocycles. The normalized spacial score (nSPS) is 11.0. The molecule has 0 fully saturated rings. The Bertz CT molecular complexity index is 759. The van der Waals surface area contributed by atoms with Crippen LogP contribution in [0.3, 0.4) is 0 Å². The van der Waals surface area contributed by atoms with E-state index >= 15 is 0 Å². The summed E-state index contributed by atoms with van der Waals surface area (Å²) in [6, 6.07) is 8.57. The predicted molar refractivity (Wildman–Crippen MR) is 87.7 cm³/mol. The van der Waals surface area contributed by atoms with E-state index in [0.29, 0.717) is 15.7 Å². The van der Waals surface area contributed by atoms with E-state index in [1.54, 1.807) is 18.2 Å². The van der Waals surface area contributed by atoms with Crippen LogP contribution in [0.5, 0.6) is 0 Å². The molecule has 106 valence electrons. The highest BCUT2D eigenvalue weighted by Gasteiger charge is 2.12. The van der Waals surface area contributed by atoms with Crippen LogP contribution < -0.4 is 5.32 Å². The Morgan fingerprint density at radius 1 is 1.38 bits per heavy atom. The number of carbonyl (C=O) groups excluding carboxylic acids is 1. The molecule has 2 rings (SSSR count). The highest BCUT2D eigenvalue weighted by atomic mass is 35.5. The van der Waals surface area contributed by atoms with Crippen molar-refractivity contribution in [3.05, 3.63) is 55.7 Å². The summed E-state index contributed by atoms with van der Waals surface area (Å²) < 4.78 is 0. The van der Waals surface area contributed by atoms with E-state index in [9.17, 15) is 4.79 Å². The monoisotopic (exact) mass is 336 g/mol. The number of anilines is 1. The maximum atomic E-state index is 12.1. The van der Waals surface area contributed by atoms with Crippen molar-refractivity contribution in [1.29, 1.82) is 5.26 Å². The second-order valence-corrected chi connectivity index (χ2v) is 6.01. The van der Waals surface area contributed by atoms with Crippen LogP contribution in [0, 0.1) is 18.3 Å². The minimum absolute atomic E-state index is 0.0200. The lowest BCUT2D eigenvalue weighted by molar-refractivity contribution is -0.112. The van der Waals surface area contributed by atoms with Gasteiger partial charge in [0.15, 0.2) is 0 Å². The first kappa shape index (κ1) is 15.6. The van der Waals surface area contributed by atoms with Gasteiger partial charge in [-0.25, -0.2) is 0 Å². The molecule has 0 atom stereocenters. The smallest absolute Gasteiger partial charge is 0.266 e. The Hall–Kier alpha value is -1.80. The number of amides is 1. The average molecular weight is 337 g/mol. The number of aryl methyl sites for hydroxylation is 1. The summed E-state index contributed by atoms with van der Waals surface area (Å²) >= 11 is 13.3. The molecule has 3 nitrogen and oxygen atoms in total. The molecule has 0 saturated carbocycles. The van der Waals surface area contributed by atoms with Gasteiger partial charge in [-0.3, -0.25) is 4.79 Å². The SMILES string of the molecule is Cc1ccsc1/C=C(/C#N)C(=O)Nc1ccc(Cl)cc1Cl. The van der Waals surface area contributed by atoms with Crippen LogP contribution in [0.4, 0.5) is 5.69 Å². The molecule has 2 aromatic rings. The fraction of sp³-hybridized carbons (Fsp3) is 0.0667. The lowest BCUT2D eigenvalue weighted by Crippen LogP contribution is -2.13. The molecule has 1 heterocycles. The number of hydrogen-bond donors (Lipinski definition) is 1. The molecule has 21 heavy (non-hydrogen) atoms. The Morgan fingerprint density at radius 3 is 2.71 bits per heavy atom. The topological polar surface area (TPSA) is 52.9 Å². The van der Waals surface area contributed by atoms with Gasteiger partial charge in [-0.1, -0.05) is 23.2 Å². The highest BCUT2D eigenvalue weighted by Crippen LogP contribution is 2.26. The van der Waals surface area contributed by atoms with Crippen molar-refractivity contribution in [2.75, 3.05) is 5.32 Å². The molecule has 0 bridgehead atoms. The zero-order valence-electron chi connectivity index (χ0n) is 11.0. The van der Waals surface area contributed by atoms with Gasteiger partial charge in [-0.15, -0.1) is 11.3 Å². The van der Waals surface area contributed by atoms with E-state index in [2.05, 4.69) is 5.32 Å². The predicted octanol–water partition coefficient (Wildman–Crippen LogP) is 4.91. The number of nitriles is 1. The van der Waals surface area contributed by atoms with Crippen molar-refractivity contribution >= 4 is 52.2 Å². The van der Waals surface area contributed by atoms with Gasteiger partial charge in [0.2, 0.25) is 0 Å². The first-order valence-electron chi connectivity index (χ1n) is 5.93. The lowest BCUT2D eigenvalue weighted by atomic mass is 10.2. The highest BCUT2D eigenvalue weighted by molar-refractivity contribution is 7.11. The number of nitrogens with zero attached hydrogens (tertiary/aromatic N) is 1. The maximum Gasteiger partial charge on any atom is 0.266 e. The minimum Gasteiger partial charge on any atom is -0.320 e. The van der Waals surface area contributed by atoms with E-state index < -0.39 is 5.91 Å². The summed E-state index contributed by atoms with van der Waals surface area (Å²) in [7, 11) is 0.